The molecule has 0 aliphatic heterocycles. The van der Waals surface area contributed by atoms with Crippen molar-refractivity contribution in [1.82, 2.24) is 15.6 Å². The molecule has 3 aromatic rings. The van der Waals surface area contributed by atoms with Gasteiger partial charge >= 0.3 is 0 Å². The molecule has 0 fully saturated rings. The number of para-hydroxylation sites is 1. The third kappa shape index (κ3) is 4.88. The highest BCUT2D eigenvalue weighted by Crippen LogP contribution is 2.23. The quantitative estimate of drug-likeness (QED) is 0.325. The van der Waals surface area contributed by atoms with Crippen LogP contribution in [-0.2, 0) is 6.54 Å². The van der Waals surface area contributed by atoms with Crippen molar-refractivity contribution in [3.8, 4) is 0 Å². The highest BCUT2D eigenvalue weighted by atomic mass is 127. The van der Waals surface area contributed by atoms with E-state index in [0.717, 1.165) is 27.6 Å². The molecule has 0 saturated heterocycles. The van der Waals surface area contributed by atoms with Crippen LogP contribution in [0.3, 0.4) is 0 Å². The molecule has 8 heteroatoms. The van der Waals surface area contributed by atoms with Crippen molar-refractivity contribution in [2.75, 3.05) is 26.0 Å². The van der Waals surface area contributed by atoms with Gasteiger partial charge in [-0.3, -0.25) is 4.99 Å². The van der Waals surface area contributed by atoms with Crippen LogP contribution in [0, 0.1) is 0 Å². The molecule has 2 N–H and O–H groups in total. The van der Waals surface area contributed by atoms with Gasteiger partial charge in [-0.25, -0.2) is 4.98 Å². The average Bonchev–Trinajstić information content (AvgIpc) is 3.25. The smallest absolute Gasteiger partial charge is 0.191 e. The summed E-state index contributed by atoms with van der Waals surface area (Å²) in [6.07, 6.45) is 0. The van der Waals surface area contributed by atoms with Crippen LogP contribution in [0.5, 0.6) is 0 Å². The number of aromatic nitrogens is 1. The first-order valence-electron chi connectivity index (χ1n) is 8.14. The van der Waals surface area contributed by atoms with Crippen molar-refractivity contribution in [2.24, 2.45) is 4.99 Å². The van der Waals surface area contributed by atoms with E-state index in [1.807, 2.05) is 43.3 Å². The van der Waals surface area contributed by atoms with Crippen molar-refractivity contribution in [3.63, 3.8) is 0 Å². The number of halogens is 1. The Kier molecular flexibility index (Phi) is 7.27. The average molecular weight is 485 g/mol. The summed E-state index contributed by atoms with van der Waals surface area (Å²) in [5, 5.41) is 10.8. The van der Waals surface area contributed by atoms with E-state index in [-0.39, 0.29) is 30.0 Å². The Bertz CT molecular complexity index is 840. The molecule has 1 aromatic carbocycles. The lowest BCUT2D eigenvalue weighted by molar-refractivity contribution is 0.488. The molecule has 1 unspecified atom stereocenters. The maximum atomic E-state index is 5.91. The van der Waals surface area contributed by atoms with E-state index in [0.29, 0.717) is 12.5 Å². The van der Waals surface area contributed by atoms with E-state index >= 15 is 0 Å². The Balaban J connectivity index is 0.00000243. The van der Waals surface area contributed by atoms with Gasteiger partial charge in [0.15, 0.2) is 11.1 Å². The molecule has 26 heavy (non-hydrogen) atoms. The molecule has 6 nitrogen and oxygen atoms in total. The number of anilines is 1. The van der Waals surface area contributed by atoms with Gasteiger partial charge in [-0.1, -0.05) is 18.2 Å². The number of benzene rings is 1. The minimum Gasteiger partial charge on any atom is -0.459 e. The number of fused-ring (bicyclic) bond motifs is 1. The number of guanidine groups is 1. The van der Waals surface area contributed by atoms with Crippen molar-refractivity contribution in [3.05, 3.63) is 47.2 Å². The van der Waals surface area contributed by atoms with E-state index in [2.05, 4.69) is 39.0 Å². The monoisotopic (exact) mass is 485 g/mol. The van der Waals surface area contributed by atoms with Gasteiger partial charge in [0.1, 0.15) is 11.3 Å². The Hall–Kier alpha value is -1.81. The second kappa shape index (κ2) is 9.22. The molecule has 0 aliphatic rings. The van der Waals surface area contributed by atoms with Crippen LogP contribution in [-0.4, -0.2) is 32.1 Å². The number of hydrogen-bond donors (Lipinski definition) is 2. The first kappa shape index (κ1) is 20.5. The van der Waals surface area contributed by atoms with Crippen molar-refractivity contribution in [1.29, 1.82) is 0 Å². The molecule has 0 saturated carbocycles. The minimum atomic E-state index is 0. The number of nitrogens with one attached hydrogen (secondary N) is 2. The van der Waals surface area contributed by atoms with Crippen LogP contribution in [0.25, 0.3) is 11.0 Å². The molecular formula is C18H24IN5OS. The van der Waals surface area contributed by atoms with Crippen LogP contribution in [0.15, 0.2) is 45.1 Å². The van der Waals surface area contributed by atoms with Crippen molar-refractivity contribution in [2.45, 2.75) is 19.5 Å². The van der Waals surface area contributed by atoms with E-state index in [9.17, 15) is 0 Å². The first-order chi connectivity index (χ1) is 12.1. The molecule has 0 radical (unpaired) electrons. The second-order valence-electron chi connectivity index (χ2n) is 5.99. The summed E-state index contributed by atoms with van der Waals surface area (Å²) >= 11 is 1.63. The van der Waals surface area contributed by atoms with E-state index in [1.54, 1.807) is 18.4 Å². The zero-order chi connectivity index (χ0) is 17.8. The number of furan rings is 1. The van der Waals surface area contributed by atoms with Crippen LogP contribution >= 0.6 is 35.3 Å². The summed E-state index contributed by atoms with van der Waals surface area (Å²) in [6, 6.07) is 10.1. The van der Waals surface area contributed by atoms with Gasteiger partial charge in [0.2, 0.25) is 0 Å². The van der Waals surface area contributed by atoms with Gasteiger partial charge in [0, 0.05) is 31.9 Å². The molecule has 3 rings (SSSR count). The SMILES string of the molecule is CN=C(NCc1csc(N(C)C)n1)NC(C)c1cc2ccccc2o1.I. The molecule has 0 spiro atoms. The topological polar surface area (TPSA) is 65.7 Å². The fourth-order valence-corrected chi connectivity index (χ4v) is 3.20. The third-order valence-corrected chi connectivity index (χ3v) is 4.86. The largest absolute Gasteiger partial charge is 0.459 e. The number of hydrogen-bond acceptors (Lipinski definition) is 5. The summed E-state index contributed by atoms with van der Waals surface area (Å²) in [4.78, 5) is 10.9. The van der Waals surface area contributed by atoms with Crippen LogP contribution in [0.1, 0.15) is 24.4 Å². The zero-order valence-corrected chi connectivity index (χ0v) is 18.5. The fraction of sp³-hybridized carbons (Fsp3) is 0.333. The van der Waals surface area contributed by atoms with Crippen LogP contribution < -0.4 is 15.5 Å². The summed E-state index contributed by atoms with van der Waals surface area (Å²) in [5.74, 6) is 1.60. The van der Waals surface area contributed by atoms with E-state index < -0.39 is 0 Å². The number of thiazole rings is 1. The molecule has 2 heterocycles. The minimum absolute atomic E-state index is 0. The zero-order valence-electron chi connectivity index (χ0n) is 15.3. The highest BCUT2D eigenvalue weighted by Gasteiger charge is 2.13. The molecule has 1 atom stereocenters. The maximum Gasteiger partial charge on any atom is 0.191 e. The van der Waals surface area contributed by atoms with Gasteiger partial charge in [0.25, 0.3) is 0 Å². The number of nitrogens with zero attached hydrogens (tertiary/aromatic N) is 3. The summed E-state index contributed by atoms with van der Waals surface area (Å²) in [6.45, 7) is 2.68. The Labute approximate surface area is 174 Å². The lowest BCUT2D eigenvalue weighted by Gasteiger charge is -2.15. The summed E-state index contributed by atoms with van der Waals surface area (Å²) in [5.41, 5.74) is 1.89. The van der Waals surface area contributed by atoms with E-state index in [1.165, 1.54) is 0 Å². The third-order valence-electron chi connectivity index (χ3n) is 3.81. The second-order valence-corrected chi connectivity index (χ2v) is 6.83. The normalized spacial score (nSPS) is 12.5. The predicted molar refractivity (Wildman–Crippen MR) is 120 cm³/mol. The van der Waals surface area contributed by atoms with Gasteiger partial charge < -0.3 is 20.0 Å². The van der Waals surface area contributed by atoms with Crippen LogP contribution in [0.2, 0.25) is 0 Å². The molecule has 140 valence electrons. The Morgan fingerprint density at radius 3 is 2.77 bits per heavy atom. The maximum absolute atomic E-state index is 5.91. The Morgan fingerprint density at radius 2 is 2.12 bits per heavy atom. The van der Waals surface area contributed by atoms with Crippen LogP contribution in [0.4, 0.5) is 5.13 Å². The predicted octanol–water partition coefficient (Wildman–Crippen LogP) is 4.00. The number of aliphatic imine (C=N–C) groups is 1. The lowest BCUT2D eigenvalue weighted by atomic mass is 10.2. The van der Waals surface area contributed by atoms with Gasteiger partial charge in [-0.2, -0.15) is 0 Å². The molecular weight excluding hydrogens is 461 g/mol. The highest BCUT2D eigenvalue weighted by molar-refractivity contribution is 14.0. The summed E-state index contributed by atoms with van der Waals surface area (Å²) < 4.78 is 5.91. The van der Waals surface area contributed by atoms with Crippen molar-refractivity contribution < 1.29 is 4.42 Å². The standard InChI is InChI=1S/C18H23N5OS.HI/c1-12(16-9-13-7-5-6-8-15(13)24-16)21-17(19-2)20-10-14-11-25-18(22-14)23(3)4;/h5-9,11-12H,10H2,1-4H3,(H2,19,20,21);1H. The molecule has 0 aliphatic carbocycles. The van der Waals surface area contributed by atoms with Gasteiger partial charge in [-0.15, -0.1) is 35.3 Å². The number of rotatable bonds is 5. The van der Waals surface area contributed by atoms with Gasteiger partial charge in [0.05, 0.1) is 18.3 Å². The Morgan fingerprint density at radius 1 is 1.35 bits per heavy atom. The lowest BCUT2D eigenvalue weighted by Crippen LogP contribution is -2.38. The molecule has 0 bridgehead atoms. The van der Waals surface area contributed by atoms with Gasteiger partial charge in [-0.05, 0) is 19.1 Å². The summed E-state index contributed by atoms with van der Waals surface area (Å²) in [7, 11) is 5.74. The molecule has 0 amide bonds. The molecule has 2 aromatic heterocycles. The van der Waals surface area contributed by atoms with Crippen molar-refractivity contribution >= 4 is 57.4 Å². The fourth-order valence-electron chi connectivity index (χ4n) is 2.44. The first-order valence-corrected chi connectivity index (χ1v) is 9.02. The van der Waals surface area contributed by atoms with E-state index in [4.69, 9.17) is 4.42 Å².